The highest BCUT2D eigenvalue weighted by atomic mass is 32.2. The average Bonchev–Trinajstić information content (AvgIpc) is 2.60. The van der Waals surface area contributed by atoms with Crippen molar-refractivity contribution in [3.8, 4) is 0 Å². The second kappa shape index (κ2) is 9.85. The smallest absolute Gasteiger partial charge is 0.222 e. The number of piperidine rings is 1. The first-order valence-corrected chi connectivity index (χ1v) is 11.1. The van der Waals surface area contributed by atoms with Gasteiger partial charge in [-0.25, -0.2) is 8.42 Å². The van der Waals surface area contributed by atoms with E-state index in [-0.39, 0.29) is 24.4 Å². The van der Waals surface area contributed by atoms with Gasteiger partial charge in [0, 0.05) is 32.6 Å². The highest BCUT2D eigenvalue weighted by molar-refractivity contribution is 7.89. The van der Waals surface area contributed by atoms with Crippen molar-refractivity contribution < 1.29 is 17.9 Å². The van der Waals surface area contributed by atoms with Crippen LogP contribution in [-0.2, 0) is 19.6 Å². The zero-order chi connectivity index (χ0) is 18.3. The molecular weight excluding hydrogens is 342 g/mol. The van der Waals surface area contributed by atoms with Gasteiger partial charge < -0.3 is 15.0 Å². The Kier molecular flexibility index (Phi) is 8.12. The number of carbonyl (C=O) groups is 1. The molecule has 0 atom stereocenters. The molecule has 8 heteroatoms. The van der Waals surface area contributed by atoms with Gasteiger partial charge in [0.05, 0.1) is 18.5 Å². The molecule has 146 valence electrons. The van der Waals surface area contributed by atoms with Gasteiger partial charge >= 0.3 is 0 Å². The minimum absolute atomic E-state index is 0.00877. The lowest BCUT2D eigenvalue weighted by molar-refractivity contribution is -0.132. The molecule has 0 saturated carbocycles. The Labute approximate surface area is 152 Å². The first-order chi connectivity index (χ1) is 11.9. The summed E-state index contributed by atoms with van der Waals surface area (Å²) < 4.78 is 31.5. The summed E-state index contributed by atoms with van der Waals surface area (Å²) in [5, 5.41) is 3.34. The lowest BCUT2D eigenvalue weighted by atomic mass is 9.93. The summed E-state index contributed by atoms with van der Waals surface area (Å²) in [7, 11) is -3.29. The van der Waals surface area contributed by atoms with E-state index >= 15 is 0 Å². The fourth-order valence-corrected chi connectivity index (χ4v) is 4.67. The lowest BCUT2D eigenvalue weighted by Crippen LogP contribution is -2.51. The minimum atomic E-state index is -3.29. The number of carbonyl (C=O) groups excluding carboxylic acids is 1. The Hall–Kier alpha value is -0.700. The summed E-state index contributed by atoms with van der Waals surface area (Å²) in [6.07, 6.45) is 3.87. The molecule has 2 heterocycles. The van der Waals surface area contributed by atoms with Crippen LogP contribution >= 0.6 is 0 Å². The molecule has 0 radical (unpaired) electrons. The van der Waals surface area contributed by atoms with Gasteiger partial charge in [-0.05, 0) is 52.1 Å². The van der Waals surface area contributed by atoms with Crippen molar-refractivity contribution in [2.24, 2.45) is 5.92 Å². The Morgan fingerprint density at radius 3 is 2.40 bits per heavy atom. The number of nitrogens with one attached hydrogen (secondary N) is 1. The van der Waals surface area contributed by atoms with E-state index in [9.17, 15) is 13.2 Å². The molecule has 2 saturated heterocycles. The highest BCUT2D eigenvalue weighted by Gasteiger charge is 2.28. The van der Waals surface area contributed by atoms with E-state index in [1.165, 1.54) is 4.31 Å². The molecule has 0 unspecified atom stereocenters. The number of hydrogen-bond donors (Lipinski definition) is 1. The molecule has 2 rings (SSSR count). The minimum Gasteiger partial charge on any atom is -0.378 e. The maximum atomic E-state index is 12.4. The van der Waals surface area contributed by atoms with Crippen LogP contribution in [0, 0.1) is 5.92 Å². The largest absolute Gasteiger partial charge is 0.378 e. The number of rotatable bonds is 8. The predicted molar refractivity (Wildman–Crippen MR) is 97.9 cm³/mol. The van der Waals surface area contributed by atoms with Crippen molar-refractivity contribution in [3.05, 3.63) is 0 Å². The van der Waals surface area contributed by atoms with Crippen LogP contribution in [-0.4, -0.2) is 81.3 Å². The van der Waals surface area contributed by atoms with E-state index in [4.69, 9.17) is 4.74 Å². The fraction of sp³-hybridized carbons (Fsp3) is 0.941. The van der Waals surface area contributed by atoms with E-state index in [1.54, 1.807) is 0 Å². The van der Waals surface area contributed by atoms with Crippen LogP contribution in [0.5, 0.6) is 0 Å². The third kappa shape index (κ3) is 6.84. The normalized spacial score (nSPS) is 21.0. The molecule has 1 amide bonds. The molecule has 0 aromatic rings. The van der Waals surface area contributed by atoms with E-state index in [0.717, 1.165) is 32.4 Å². The number of sulfonamides is 1. The van der Waals surface area contributed by atoms with Crippen molar-refractivity contribution in [2.45, 2.75) is 45.6 Å². The number of amides is 1. The molecule has 0 spiro atoms. The number of ether oxygens (including phenoxy) is 1. The van der Waals surface area contributed by atoms with Crippen molar-refractivity contribution in [2.75, 3.05) is 51.6 Å². The molecular formula is C17H33N3O4S. The van der Waals surface area contributed by atoms with Gasteiger partial charge in [0.2, 0.25) is 15.9 Å². The molecule has 0 aromatic heterocycles. The van der Waals surface area contributed by atoms with Crippen LogP contribution in [0.25, 0.3) is 0 Å². The van der Waals surface area contributed by atoms with E-state index in [1.807, 2.05) is 18.7 Å². The van der Waals surface area contributed by atoms with Gasteiger partial charge in [-0.2, -0.15) is 4.31 Å². The number of nitrogens with zero attached hydrogens (tertiary/aromatic N) is 2. The summed E-state index contributed by atoms with van der Waals surface area (Å²) in [5.74, 6) is 0.820. The molecule has 0 bridgehead atoms. The Morgan fingerprint density at radius 2 is 1.80 bits per heavy atom. The van der Waals surface area contributed by atoms with Crippen LogP contribution in [0.1, 0.15) is 39.5 Å². The molecule has 0 aromatic carbocycles. The third-order valence-electron chi connectivity index (χ3n) is 5.00. The highest BCUT2D eigenvalue weighted by Crippen LogP contribution is 2.19. The van der Waals surface area contributed by atoms with Gasteiger partial charge in [-0.1, -0.05) is 0 Å². The van der Waals surface area contributed by atoms with Crippen LogP contribution in [0.3, 0.4) is 0 Å². The monoisotopic (exact) mass is 375 g/mol. The van der Waals surface area contributed by atoms with Gasteiger partial charge in [-0.3, -0.25) is 4.79 Å². The van der Waals surface area contributed by atoms with Crippen molar-refractivity contribution in [1.82, 2.24) is 14.5 Å². The van der Waals surface area contributed by atoms with Crippen LogP contribution < -0.4 is 5.32 Å². The topological polar surface area (TPSA) is 79.0 Å². The maximum absolute atomic E-state index is 12.4. The lowest BCUT2D eigenvalue weighted by Gasteiger charge is -2.34. The number of piperazine rings is 1. The molecule has 7 nitrogen and oxygen atoms in total. The Bertz CT molecular complexity index is 510. The molecule has 1 N–H and O–H groups in total. The fourth-order valence-electron chi connectivity index (χ4n) is 3.39. The van der Waals surface area contributed by atoms with Crippen molar-refractivity contribution in [1.29, 1.82) is 0 Å². The second-order valence-corrected chi connectivity index (χ2v) is 9.34. The number of hydrogen-bond acceptors (Lipinski definition) is 5. The quantitative estimate of drug-likeness (QED) is 0.674. The second-order valence-electron chi connectivity index (χ2n) is 7.25. The zero-order valence-electron chi connectivity index (χ0n) is 15.6. The van der Waals surface area contributed by atoms with Crippen molar-refractivity contribution >= 4 is 15.9 Å². The maximum Gasteiger partial charge on any atom is 0.222 e. The van der Waals surface area contributed by atoms with E-state index < -0.39 is 10.0 Å². The standard InChI is InChI=1S/C17H33N3O4S/c1-15(2)24-13-14-25(22,23)20-11-9-19(10-12-20)17(21)4-3-16-5-7-18-8-6-16/h15-16,18H,3-14H2,1-2H3. The van der Waals surface area contributed by atoms with Gasteiger partial charge in [0.15, 0.2) is 0 Å². The van der Waals surface area contributed by atoms with Crippen LogP contribution in [0.4, 0.5) is 0 Å². The summed E-state index contributed by atoms with van der Waals surface area (Å²) >= 11 is 0. The molecule has 2 aliphatic rings. The Morgan fingerprint density at radius 1 is 1.16 bits per heavy atom. The van der Waals surface area contributed by atoms with Gasteiger partial charge in [0.1, 0.15) is 0 Å². The summed E-state index contributed by atoms with van der Waals surface area (Å²) in [4.78, 5) is 14.2. The Balaban J connectivity index is 1.70. The van der Waals surface area contributed by atoms with E-state index in [0.29, 0.717) is 38.5 Å². The summed E-state index contributed by atoms with van der Waals surface area (Å²) in [6.45, 7) is 7.87. The van der Waals surface area contributed by atoms with Gasteiger partial charge in [0.25, 0.3) is 0 Å². The zero-order valence-corrected chi connectivity index (χ0v) is 16.4. The molecule has 2 fully saturated rings. The predicted octanol–water partition coefficient (Wildman–Crippen LogP) is 0.665. The SMILES string of the molecule is CC(C)OCCS(=O)(=O)N1CCN(C(=O)CCC2CCNCC2)CC1. The first-order valence-electron chi connectivity index (χ1n) is 9.46. The molecule has 25 heavy (non-hydrogen) atoms. The summed E-state index contributed by atoms with van der Waals surface area (Å²) in [5.41, 5.74) is 0. The van der Waals surface area contributed by atoms with E-state index in [2.05, 4.69) is 5.32 Å². The average molecular weight is 376 g/mol. The summed E-state index contributed by atoms with van der Waals surface area (Å²) in [6, 6.07) is 0. The molecule has 2 aliphatic heterocycles. The van der Waals surface area contributed by atoms with Crippen LogP contribution in [0.2, 0.25) is 0 Å². The van der Waals surface area contributed by atoms with Gasteiger partial charge in [-0.15, -0.1) is 0 Å². The van der Waals surface area contributed by atoms with Crippen LogP contribution in [0.15, 0.2) is 0 Å². The van der Waals surface area contributed by atoms with Crippen molar-refractivity contribution in [3.63, 3.8) is 0 Å². The first kappa shape index (κ1) is 20.6. The molecule has 0 aliphatic carbocycles. The third-order valence-corrected chi connectivity index (χ3v) is 6.84.